The van der Waals surface area contributed by atoms with Crippen molar-refractivity contribution in [2.75, 3.05) is 11.9 Å². The van der Waals surface area contributed by atoms with Crippen molar-refractivity contribution in [2.24, 2.45) is 0 Å². The molecule has 122 valence electrons. The first-order chi connectivity index (χ1) is 10.8. The van der Waals surface area contributed by atoms with Gasteiger partial charge in [-0.15, -0.1) is 0 Å². The Labute approximate surface area is 143 Å². The van der Waals surface area contributed by atoms with Crippen molar-refractivity contribution >= 4 is 40.8 Å². The van der Waals surface area contributed by atoms with Crippen LogP contribution in [0.4, 0.5) is 5.69 Å². The lowest BCUT2D eigenvalue weighted by Crippen LogP contribution is -2.21. The van der Waals surface area contributed by atoms with E-state index < -0.39 is 18.5 Å². The first-order valence-electron chi connectivity index (χ1n) is 6.78. The van der Waals surface area contributed by atoms with Crippen LogP contribution in [0.15, 0.2) is 22.6 Å². The van der Waals surface area contributed by atoms with Crippen LogP contribution in [0.3, 0.4) is 0 Å². The molecule has 1 heterocycles. The number of benzene rings is 1. The summed E-state index contributed by atoms with van der Waals surface area (Å²) in [6, 6.07) is 4.68. The van der Waals surface area contributed by atoms with Gasteiger partial charge in [0, 0.05) is 10.6 Å². The highest BCUT2D eigenvalue weighted by atomic mass is 35.5. The number of esters is 1. The molecule has 0 unspecified atom stereocenters. The maximum absolute atomic E-state index is 12.1. The Hall–Kier alpha value is -1.98. The van der Waals surface area contributed by atoms with Crippen LogP contribution >= 0.6 is 23.2 Å². The molecule has 0 saturated heterocycles. The molecule has 2 aromatic rings. The number of ether oxygens (including phenoxy) is 1. The van der Waals surface area contributed by atoms with Crippen LogP contribution in [0.5, 0.6) is 0 Å². The van der Waals surface area contributed by atoms with E-state index in [1.807, 2.05) is 0 Å². The second-order valence-corrected chi connectivity index (χ2v) is 5.81. The van der Waals surface area contributed by atoms with E-state index in [9.17, 15) is 9.59 Å². The number of carbonyl (C=O) groups is 2. The molecule has 2 rings (SSSR count). The first-order valence-corrected chi connectivity index (χ1v) is 7.53. The van der Waals surface area contributed by atoms with Crippen molar-refractivity contribution in [1.82, 2.24) is 0 Å². The summed E-state index contributed by atoms with van der Waals surface area (Å²) in [4.78, 5) is 23.9. The molecule has 7 heteroatoms. The minimum Gasteiger partial charge on any atom is -0.465 e. The van der Waals surface area contributed by atoms with E-state index in [2.05, 4.69) is 5.32 Å². The fourth-order valence-electron chi connectivity index (χ4n) is 2.08. The summed E-state index contributed by atoms with van der Waals surface area (Å²) in [5.41, 5.74) is 1.40. The Morgan fingerprint density at radius 3 is 2.48 bits per heavy atom. The molecule has 5 nitrogen and oxygen atoms in total. The van der Waals surface area contributed by atoms with E-state index in [0.717, 1.165) is 0 Å². The van der Waals surface area contributed by atoms with Gasteiger partial charge in [0.25, 0.3) is 5.91 Å². The number of furan rings is 1. The average molecular weight is 356 g/mol. The highest BCUT2D eigenvalue weighted by Gasteiger charge is 2.20. The molecular formula is C16H15Cl2NO4. The second kappa shape index (κ2) is 7.06. The highest BCUT2D eigenvalue weighted by molar-refractivity contribution is 6.35. The second-order valence-electron chi connectivity index (χ2n) is 4.96. The van der Waals surface area contributed by atoms with Crippen molar-refractivity contribution in [2.45, 2.75) is 20.8 Å². The van der Waals surface area contributed by atoms with Crippen molar-refractivity contribution in [1.29, 1.82) is 0 Å². The lowest BCUT2D eigenvalue weighted by atomic mass is 10.1. The molecule has 0 spiro atoms. The Morgan fingerprint density at radius 1 is 1.17 bits per heavy atom. The number of carbonyl (C=O) groups excluding carboxylic acids is 2. The summed E-state index contributed by atoms with van der Waals surface area (Å²) in [6.45, 7) is 4.74. The van der Waals surface area contributed by atoms with E-state index >= 15 is 0 Å². The van der Waals surface area contributed by atoms with Crippen molar-refractivity contribution in [3.8, 4) is 0 Å². The van der Waals surface area contributed by atoms with Crippen molar-refractivity contribution in [3.05, 3.63) is 50.9 Å². The van der Waals surface area contributed by atoms with Gasteiger partial charge in [-0.3, -0.25) is 4.79 Å². The highest BCUT2D eigenvalue weighted by Crippen LogP contribution is 2.25. The maximum Gasteiger partial charge on any atom is 0.342 e. The predicted molar refractivity (Wildman–Crippen MR) is 88.3 cm³/mol. The predicted octanol–water partition coefficient (Wildman–Crippen LogP) is 4.31. The third-order valence-electron chi connectivity index (χ3n) is 3.30. The van der Waals surface area contributed by atoms with Gasteiger partial charge in [-0.05, 0) is 39.0 Å². The van der Waals surface area contributed by atoms with Crippen LogP contribution in [-0.4, -0.2) is 18.5 Å². The fourth-order valence-corrected chi connectivity index (χ4v) is 2.41. The number of rotatable bonds is 4. The molecule has 0 saturated carbocycles. The topological polar surface area (TPSA) is 68.5 Å². The van der Waals surface area contributed by atoms with Gasteiger partial charge < -0.3 is 14.5 Å². The van der Waals surface area contributed by atoms with Crippen molar-refractivity contribution < 1.29 is 18.7 Å². The first kappa shape index (κ1) is 17.4. The Bertz CT molecular complexity index is 768. The average Bonchev–Trinajstić information content (AvgIpc) is 2.73. The lowest BCUT2D eigenvalue weighted by Gasteiger charge is -2.08. The van der Waals surface area contributed by atoms with Gasteiger partial charge in [-0.25, -0.2) is 4.79 Å². The summed E-state index contributed by atoms with van der Waals surface area (Å²) in [7, 11) is 0. The largest absolute Gasteiger partial charge is 0.465 e. The Balaban J connectivity index is 1.99. The minimum absolute atomic E-state index is 0.339. The van der Waals surface area contributed by atoms with Crippen LogP contribution in [0, 0.1) is 20.8 Å². The number of hydrogen-bond acceptors (Lipinski definition) is 4. The van der Waals surface area contributed by atoms with Gasteiger partial charge in [0.1, 0.15) is 17.1 Å². The van der Waals surface area contributed by atoms with E-state index in [1.54, 1.807) is 32.9 Å². The van der Waals surface area contributed by atoms with E-state index in [-0.39, 0.29) is 0 Å². The van der Waals surface area contributed by atoms with Crippen LogP contribution in [0.2, 0.25) is 10.0 Å². The van der Waals surface area contributed by atoms with Crippen molar-refractivity contribution in [3.63, 3.8) is 0 Å². The Kier molecular flexibility index (Phi) is 5.34. The fraction of sp³-hybridized carbons (Fsp3) is 0.250. The monoisotopic (exact) mass is 355 g/mol. The normalized spacial score (nSPS) is 10.5. The number of halogens is 2. The van der Waals surface area contributed by atoms with Crippen LogP contribution in [0.25, 0.3) is 0 Å². The standard InChI is InChI=1S/C16H15Cl2NO4/c1-8-9(2)23-10(3)15(8)16(21)22-7-14(20)19-13-6-11(17)4-5-12(13)18/h4-6H,7H2,1-3H3,(H,19,20). The lowest BCUT2D eigenvalue weighted by molar-refractivity contribution is -0.119. The Morgan fingerprint density at radius 2 is 1.87 bits per heavy atom. The molecule has 0 radical (unpaired) electrons. The van der Waals surface area contributed by atoms with Gasteiger partial charge in [-0.1, -0.05) is 23.2 Å². The molecule has 0 bridgehead atoms. The third-order valence-corrected chi connectivity index (χ3v) is 3.87. The summed E-state index contributed by atoms with van der Waals surface area (Å²) >= 11 is 11.8. The zero-order chi connectivity index (χ0) is 17.1. The van der Waals surface area contributed by atoms with Crippen LogP contribution in [-0.2, 0) is 9.53 Å². The van der Waals surface area contributed by atoms with Gasteiger partial charge in [0.15, 0.2) is 6.61 Å². The molecule has 1 N–H and O–H groups in total. The molecule has 1 amide bonds. The molecular weight excluding hydrogens is 341 g/mol. The SMILES string of the molecule is Cc1oc(C)c(C(=O)OCC(=O)Nc2cc(Cl)ccc2Cl)c1C. The quantitative estimate of drug-likeness (QED) is 0.829. The molecule has 1 aromatic heterocycles. The van der Waals surface area contributed by atoms with Gasteiger partial charge in [0.2, 0.25) is 0 Å². The number of nitrogens with one attached hydrogen (secondary N) is 1. The van der Waals surface area contributed by atoms with Gasteiger partial charge in [0.05, 0.1) is 10.7 Å². The number of amides is 1. The molecule has 0 fully saturated rings. The zero-order valence-corrected chi connectivity index (χ0v) is 14.3. The van der Waals surface area contributed by atoms with E-state index in [1.165, 1.54) is 6.07 Å². The number of aryl methyl sites for hydroxylation is 2. The summed E-state index contributed by atoms with van der Waals surface area (Å²) < 4.78 is 10.4. The molecule has 23 heavy (non-hydrogen) atoms. The minimum atomic E-state index is -0.607. The molecule has 0 aliphatic carbocycles. The van der Waals surface area contributed by atoms with Gasteiger partial charge >= 0.3 is 5.97 Å². The zero-order valence-electron chi connectivity index (χ0n) is 12.8. The molecule has 1 aromatic carbocycles. The number of hydrogen-bond donors (Lipinski definition) is 1. The summed E-state index contributed by atoms with van der Waals surface area (Å²) in [5, 5.41) is 3.31. The van der Waals surface area contributed by atoms with E-state index in [4.69, 9.17) is 32.4 Å². The summed E-state index contributed by atoms with van der Waals surface area (Å²) in [6.07, 6.45) is 0. The third kappa shape index (κ3) is 4.06. The molecule has 0 atom stereocenters. The van der Waals surface area contributed by atoms with E-state index in [0.29, 0.717) is 38.4 Å². The number of anilines is 1. The van der Waals surface area contributed by atoms with Crippen LogP contribution < -0.4 is 5.32 Å². The van der Waals surface area contributed by atoms with Gasteiger partial charge in [-0.2, -0.15) is 0 Å². The molecule has 0 aliphatic rings. The maximum atomic E-state index is 12.1. The molecule has 0 aliphatic heterocycles. The van der Waals surface area contributed by atoms with Crippen LogP contribution in [0.1, 0.15) is 27.4 Å². The smallest absolute Gasteiger partial charge is 0.342 e. The summed E-state index contributed by atoms with van der Waals surface area (Å²) in [5.74, 6) is -0.0184.